The van der Waals surface area contributed by atoms with Crippen molar-refractivity contribution in [1.29, 1.82) is 0 Å². The Morgan fingerprint density at radius 1 is 0.373 bits per heavy atom. The molecule has 10 aromatic rings. The van der Waals surface area contributed by atoms with Gasteiger partial charge in [0.1, 0.15) is 11.2 Å². The Balaban J connectivity index is 1.07. The molecule has 238 valence electrons. The zero-order valence-electron chi connectivity index (χ0n) is 27.4. The van der Waals surface area contributed by atoms with Gasteiger partial charge in [0.05, 0.1) is 0 Å². The molecular weight excluding hydrogens is 625 g/mol. The van der Waals surface area contributed by atoms with Gasteiger partial charge in [0.2, 0.25) is 0 Å². The molecule has 0 atom stereocenters. The molecule has 0 saturated heterocycles. The molecule has 0 aliphatic carbocycles. The average Bonchev–Trinajstić information content (AvgIpc) is 3.60. The van der Waals surface area contributed by atoms with Gasteiger partial charge in [0.15, 0.2) is 17.5 Å². The van der Waals surface area contributed by atoms with Crippen LogP contribution in [0.4, 0.5) is 0 Å². The van der Waals surface area contributed by atoms with Crippen molar-refractivity contribution in [2.24, 2.45) is 0 Å². The lowest BCUT2D eigenvalue weighted by Crippen LogP contribution is -2.00. The number of hydrogen-bond acceptors (Lipinski definition) is 5. The fraction of sp³-hybridized carbons (Fsp3) is 0. The third-order valence-electron chi connectivity index (χ3n) is 9.64. The fourth-order valence-electron chi connectivity index (χ4n) is 7.16. The Hall–Kier alpha value is -6.98. The van der Waals surface area contributed by atoms with Crippen molar-refractivity contribution in [2.45, 2.75) is 0 Å². The molecule has 3 aromatic heterocycles. The van der Waals surface area contributed by atoms with Gasteiger partial charge in [-0.25, -0.2) is 15.0 Å². The van der Waals surface area contributed by atoms with Crippen LogP contribution in [0.2, 0.25) is 0 Å². The molecule has 0 saturated carbocycles. The maximum atomic E-state index is 6.20. The Morgan fingerprint density at radius 3 is 1.80 bits per heavy atom. The van der Waals surface area contributed by atoms with Crippen molar-refractivity contribution in [3.63, 3.8) is 0 Å². The number of aromatic nitrogens is 4. The molecular formula is C46H28N4O. The highest BCUT2D eigenvalue weighted by Crippen LogP contribution is 2.41. The topological polar surface area (TPSA) is 64.7 Å². The van der Waals surface area contributed by atoms with Gasteiger partial charge in [-0.3, -0.25) is 4.98 Å². The summed E-state index contributed by atoms with van der Waals surface area (Å²) in [4.78, 5) is 19.3. The van der Waals surface area contributed by atoms with Crippen molar-refractivity contribution in [3.8, 4) is 56.4 Å². The Morgan fingerprint density at radius 2 is 1.00 bits per heavy atom. The van der Waals surface area contributed by atoms with Crippen LogP contribution in [0.3, 0.4) is 0 Å². The van der Waals surface area contributed by atoms with E-state index >= 15 is 0 Å². The molecule has 0 unspecified atom stereocenters. The first-order valence-corrected chi connectivity index (χ1v) is 17.0. The van der Waals surface area contributed by atoms with Crippen LogP contribution in [-0.4, -0.2) is 19.9 Å². The Bertz CT molecular complexity index is 2910. The van der Waals surface area contributed by atoms with E-state index in [4.69, 9.17) is 19.4 Å². The first-order valence-electron chi connectivity index (χ1n) is 17.0. The van der Waals surface area contributed by atoms with Gasteiger partial charge in [-0.05, 0) is 62.0 Å². The molecule has 7 aromatic carbocycles. The van der Waals surface area contributed by atoms with Gasteiger partial charge < -0.3 is 4.42 Å². The summed E-state index contributed by atoms with van der Waals surface area (Å²) in [5, 5.41) is 6.78. The zero-order chi connectivity index (χ0) is 33.7. The van der Waals surface area contributed by atoms with Gasteiger partial charge in [-0.15, -0.1) is 0 Å². The minimum Gasteiger partial charge on any atom is -0.456 e. The highest BCUT2D eigenvalue weighted by Gasteiger charge is 2.17. The number of pyridine rings is 1. The quantitative estimate of drug-likeness (QED) is 0.185. The first kappa shape index (κ1) is 29.0. The van der Waals surface area contributed by atoms with Crippen LogP contribution >= 0.6 is 0 Å². The minimum absolute atomic E-state index is 0.633. The lowest BCUT2D eigenvalue weighted by atomic mass is 9.90. The normalized spacial score (nSPS) is 11.5. The molecule has 5 nitrogen and oxygen atoms in total. The summed E-state index contributed by atoms with van der Waals surface area (Å²) < 4.78 is 6.20. The molecule has 51 heavy (non-hydrogen) atoms. The molecule has 3 heterocycles. The lowest BCUT2D eigenvalue weighted by Gasteiger charge is -2.13. The van der Waals surface area contributed by atoms with Crippen LogP contribution in [0.15, 0.2) is 175 Å². The first-order chi connectivity index (χ1) is 25.3. The number of furan rings is 1. The predicted molar refractivity (Wildman–Crippen MR) is 207 cm³/mol. The van der Waals surface area contributed by atoms with E-state index in [1.54, 1.807) is 6.20 Å². The molecule has 0 N–H and O–H groups in total. The molecule has 0 amide bonds. The zero-order valence-corrected chi connectivity index (χ0v) is 27.4. The van der Waals surface area contributed by atoms with Crippen molar-refractivity contribution in [1.82, 2.24) is 19.9 Å². The van der Waals surface area contributed by atoms with Gasteiger partial charge in [0.25, 0.3) is 0 Å². The molecule has 0 radical (unpaired) electrons. The summed E-state index contributed by atoms with van der Waals surface area (Å²) in [7, 11) is 0. The summed E-state index contributed by atoms with van der Waals surface area (Å²) >= 11 is 0. The van der Waals surface area contributed by atoms with Crippen molar-refractivity contribution < 1.29 is 4.42 Å². The number of rotatable bonds is 5. The van der Waals surface area contributed by atoms with Gasteiger partial charge in [-0.2, -0.15) is 0 Å². The summed E-state index contributed by atoms with van der Waals surface area (Å²) in [5.41, 5.74) is 9.08. The maximum absolute atomic E-state index is 6.20. The van der Waals surface area contributed by atoms with E-state index in [1.165, 1.54) is 16.2 Å². The number of fused-ring (bicyclic) bond motifs is 5. The van der Waals surface area contributed by atoms with E-state index in [2.05, 4.69) is 120 Å². The van der Waals surface area contributed by atoms with Crippen LogP contribution in [0.25, 0.3) is 99.9 Å². The summed E-state index contributed by atoms with van der Waals surface area (Å²) in [5.74, 6) is 1.92. The lowest BCUT2D eigenvalue weighted by molar-refractivity contribution is 0.668. The van der Waals surface area contributed by atoms with Crippen molar-refractivity contribution in [3.05, 3.63) is 170 Å². The van der Waals surface area contributed by atoms with Crippen molar-refractivity contribution in [2.75, 3.05) is 0 Å². The smallest absolute Gasteiger partial charge is 0.164 e. The maximum Gasteiger partial charge on any atom is 0.164 e. The average molecular weight is 653 g/mol. The largest absolute Gasteiger partial charge is 0.456 e. The van der Waals surface area contributed by atoms with E-state index in [-0.39, 0.29) is 0 Å². The van der Waals surface area contributed by atoms with E-state index in [0.717, 1.165) is 66.3 Å². The number of hydrogen-bond donors (Lipinski definition) is 0. The van der Waals surface area contributed by atoms with Crippen LogP contribution in [0.1, 0.15) is 0 Å². The highest BCUT2D eigenvalue weighted by molar-refractivity contribution is 6.16. The van der Waals surface area contributed by atoms with E-state index in [9.17, 15) is 0 Å². The van der Waals surface area contributed by atoms with E-state index in [1.807, 2.05) is 48.7 Å². The summed E-state index contributed by atoms with van der Waals surface area (Å²) in [6.07, 6.45) is 3.66. The van der Waals surface area contributed by atoms with Crippen LogP contribution in [-0.2, 0) is 0 Å². The van der Waals surface area contributed by atoms with E-state index in [0.29, 0.717) is 17.5 Å². The number of benzene rings is 7. The second-order valence-corrected chi connectivity index (χ2v) is 12.7. The third-order valence-corrected chi connectivity index (χ3v) is 9.64. The standard InChI is InChI=1S/C46H28N4O/c1-2-10-31(11-3-1)44-48-45(50-46(49-44)34-22-17-29-9-4-5-12-33(29)27-34)32-20-18-30(19-21-32)35-23-24-38(37-14-7-6-13-36(35)37)39-15-8-16-42-43(39)40-28-47-26-25-41(40)51-42/h1-28H. The molecule has 0 aliphatic heterocycles. The predicted octanol–water partition coefficient (Wildman–Crippen LogP) is 11.8. The van der Waals surface area contributed by atoms with Gasteiger partial charge in [-0.1, -0.05) is 140 Å². The van der Waals surface area contributed by atoms with Crippen LogP contribution < -0.4 is 0 Å². The molecule has 10 rings (SSSR count). The molecule has 0 aliphatic rings. The molecule has 0 bridgehead atoms. The van der Waals surface area contributed by atoms with Crippen LogP contribution in [0.5, 0.6) is 0 Å². The third kappa shape index (κ3) is 5.03. The highest BCUT2D eigenvalue weighted by atomic mass is 16.3. The monoisotopic (exact) mass is 652 g/mol. The minimum atomic E-state index is 0.633. The molecule has 0 spiro atoms. The second kappa shape index (κ2) is 11.9. The summed E-state index contributed by atoms with van der Waals surface area (Å²) in [6.45, 7) is 0. The Labute approximate surface area is 293 Å². The SMILES string of the molecule is c1ccc(-c2nc(-c3ccc(-c4ccc(-c5cccc6oc7ccncc7c56)c5ccccc45)cc3)nc(-c3ccc4ccccc4c3)n2)cc1. The number of nitrogens with zero attached hydrogens (tertiary/aromatic N) is 4. The van der Waals surface area contributed by atoms with Crippen LogP contribution in [0, 0.1) is 0 Å². The molecule has 5 heteroatoms. The van der Waals surface area contributed by atoms with Gasteiger partial charge in [0, 0.05) is 39.9 Å². The fourth-order valence-corrected chi connectivity index (χ4v) is 7.16. The van der Waals surface area contributed by atoms with Crippen molar-refractivity contribution >= 4 is 43.5 Å². The summed E-state index contributed by atoms with van der Waals surface area (Å²) in [6, 6.07) is 54.6. The molecule has 0 fully saturated rings. The van der Waals surface area contributed by atoms with Gasteiger partial charge >= 0.3 is 0 Å². The Kier molecular flexibility index (Phi) is 6.74. The van der Waals surface area contributed by atoms with E-state index < -0.39 is 0 Å². The second-order valence-electron chi connectivity index (χ2n) is 12.7.